The minimum Gasteiger partial charge on any atom is -0.497 e. The summed E-state index contributed by atoms with van der Waals surface area (Å²) < 4.78 is 31.1. The van der Waals surface area contributed by atoms with Crippen LogP contribution in [0.2, 0.25) is 0 Å². The van der Waals surface area contributed by atoms with Crippen LogP contribution in [0.25, 0.3) is 0 Å². The summed E-state index contributed by atoms with van der Waals surface area (Å²) in [6.07, 6.45) is 2.59. The number of halogens is 1. The number of hydrogen-bond donors (Lipinski definition) is 0. The Balaban J connectivity index is 1.40. The molecule has 0 saturated carbocycles. The van der Waals surface area contributed by atoms with Gasteiger partial charge in [0.25, 0.3) is 0 Å². The van der Waals surface area contributed by atoms with Crippen molar-refractivity contribution in [2.45, 2.75) is 24.7 Å². The summed E-state index contributed by atoms with van der Waals surface area (Å²) in [7, 11) is 1.66. The van der Waals surface area contributed by atoms with Crippen molar-refractivity contribution in [1.82, 2.24) is 4.90 Å². The lowest BCUT2D eigenvalue weighted by molar-refractivity contribution is 0.237. The number of nitrogens with zero attached hydrogens (tertiary/aromatic N) is 1. The first-order chi connectivity index (χ1) is 16.2. The molecular formula is C28H30FNO3. The smallest absolute Gasteiger partial charge is 0.126 e. The topological polar surface area (TPSA) is 30.9 Å². The van der Waals surface area contributed by atoms with Crippen LogP contribution in [0.3, 0.4) is 0 Å². The highest BCUT2D eigenvalue weighted by Crippen LogP contribution is 2.47. The van der Waals surface area contributed by atoms with Crippen LogP contribution in [0.5, 0.6) is 17.2 Å². The van der Waals surface area contributed by atoms with Gasteiger partial charge in [0.2, 0.25) is 0 Å². The van der Waals surface area contributed by atoms with Crippen molar-refractivity contribution in [3.63, 3.8) is 0 Å². The molecule has 1 fully saturated rings. The molecule has 4 nitrogen and oxygen atoms in total. The van der Waals surface area contributed by atoms with Gasteiger partial charge in [-0.05, 0) is 67.4 Å². The first kappa shape index (κ1) is 21.8. The minimum atomic E-state index is -0.229. The van der Waals surface area contributed by atoms with Gasteiger partial charge in [-0.15, -0.1) is 0 Å². The van der Waals surface area contributed by atoms with Crippen LogP contribution in [0.4, 0.5) is 4.39 Å². The van der Waals surface area contributed by atoms with E-state index in [2.05, 4.69) is 35.2 Å². The lowest BCUT2D eigenvalue weighted by Gasteiger charge is -2.34. The Morgan fingerprint density at radius 2 is 1.61 bits per heavy atom. The second-order valence-electron chi connectivity index (χ2n) is 8.82. The van der Waals surface area contributed by atoms with E-state index in [1.54, 1.807) is 7.11 Å². The minimum absolute atomic E-state index is 0.0772. The van der Waals surface area contributed by atoms with E-state index < -0.39 is 0 Å². The van der Waals surface area contributed by atoms with Gasteiger partial charge < -0.3 is 14.2 Å². The number of methoxy groups -OCH3 is 1. The third-order valence-corrected chi connectivity index (χ3v) is 6.79. The Morgan fingerprint density at radius 3 is 2.33 bits per heavy atom. The average Bonchev–Trinajstić information content (AvgIpc) is 3.38. The summed E-state index contributed by atoms with van der Waals surface area (Å²) in [4.78, 5) is 2.45. The van der Waals surface area contributed by atoms with E-state index in [1.165, 1.54) is 43.6 Å². The summed E-state index contributed by atoms with van der Waals surface area (Å²) >= 11 is 0. The molecule has 0 radical (unpaired) electrons. The van der Waals surface area contributed by atoms with Gasteiger partial charge in [-0.2, -0.15) is 0 Å². The van der Waals surface area contributed by atoms with Gasteiger partial charge in [-0.1, -0.05) is 30.3 Å². The maximum absolute atomic E-state index is 13.6. The third kappa shape index (κ3) is 4.83. The van der Waals surface area contributed by atoms with Crippen LogP contribution in [0.1, 0.15) is 41.4 Å². The molecule has 0 bridgehead atoms. The molecule has 5 heteroatoms. The fourth-order valence-corrected chi connectivity index (χ4v) is 5.00. The van der Waals surface area contributed by atoms with Gasteiger partial charge in [-0.3, -0.25) is 4.90 Å². The molecule has 2 atom stereocenters. The highest BCUT2D eigenvalue weighted by molar-refractivity contribution is 5.51. The number of likely N-dealkylation sites (tertiary alicyclic amines) is 1. The van der Waals surface area contributed by atoms with E-state index in [1.807, 2.05) is 24.3 Å². The van der Waals surface area contributed by atoms with Crippen LogP contribution >= 0.6 is 0 Å². The van der Waals surface area contributed by atoms with Crippen LogP contribution in [-0.4, -0.2) is 44.9 Å². The van der Waals surface area contributed by atoms with Crippen molar-refractivity contribution in [1.29, 1.82) is 0 Å². The summed E-state index contributed by atoms with van der Waals surface area (Å²) in [6, 6.07) is 21.2. The molecule has 2 aliphatic heterocycles. The summed E-state index contributed by atoms with van der Waals surface area (Å²) in [6.45, 7) is 4.56. The molecule has 2 heterocycles. The van der Waals surface area contributed by atoms with Crippen LogP contribution in [0.15, 0.2) is 66.7 Å². The zero-order valence-electron chi connectivity index (χ0n) is 19.0. The molecule has 0 aromatic heterocycles. The monoisotopic (exact) mass is 447 g/mol. The third-order valence-electron chi connectivity index (χ3n) is 6.79. The Kier molecular flexibility index (Phi) is 6.49. The van der Waals surface area contributed by atoms with Crippen molar-refractivity contribution in [3.05, 3.63) is 89.2 Å². The van der Waals surface area contributed by atoms with Gasteiger partial charge in [0.05, 0.1) is 13.7 Å². The highest BCUT2D eigenvalue weighted by atomic mass is 19.1. The molecule has 0 spiro atoms. The van der Waals surface area contributed by atoms with E-state index in [-0.39, 0.29) is 17.7 Å². The van der Waals surface area contributed by atoms with Crippen molar-refractivity contribution >= 4 is 0 Å². The van der Waals surface area contributed by atoms with Crippen LogP contribution in [0, 0.1) is 5.82 Å². The molecule has 172 valence electrons. The van der Waals surface area contributed by atoms with Crippen molar-refractivity contribution in [2.24, 2.45) is 0 Å². The van der Waals surface area contributed by atoms with Gasteiger partial charge >= 0.3 is 0 Å². The van der Waals surface area contributed by atoms with Gasteiger partial charge in [0.1, 0.15) is 29.7 Å². The second-order valence-corrected chi connectivity index (χ2v) is 8.82. The molecule has 3 aromatic rings. The molecule has 3 aromatic carbocycles. The Labute approximate surface area is 194 Å². The molecule has 0 N–H and O–H groups in total. The SMILES string of the molecule is COc1ccc2c(c1)OC[C@H](c1ccc(F)cc1)[C@H]2c1ccc(OCCN2CCCC2)cc1. The van der Waals surface area contributed by atoms with Crippen molar-refractivity contribution in [2.75, 3.05) is 40.0 Å². The number of ether oxygens (including phenoxy) is 3. The fourth-order valence-electron chi connectivity index (χ4n) is 5.00. The van der Waals surface area contributed by atoms with Gasteiger partial charge in [-0.25, -0.2) is 4.39 Å². The molecule has 5 rings (SSSR count). The predicted molar refractivity (Wildman–Crippen MR) is 127 cm³/mol. The van der Waals surface area contributed by atoms with E-state index >= 15 is 0 Å². The number of rotatable bonds is 7. The summed E-state index contributed by atoms with van der Waals surface area (Å²) in [5, 5.41) is 0. The predicted octanol–water partition coefficient (Wildman–Crippen LogP) is 5.62. The van der Waals surface area contributed by atoms with E-state index in [4.69, 9.17) is 14.2 Å². The Bertz CT molecular complexity index is 1060. The van der Waals surface area contributed by atoms with E-state index in [9.17, 15) is 4.39 Å². The van der Waals surface area contributed by atoms with Crippen molar-refractivity contribution in [3.8, 4) is 17.2 Å². The quantitative estimate of drug-likeness (QED) is 0.471. The van der Waals surface area contributed by atoms with E-state index in [0.29, 0.717) is 13.2 Å². The highest BCUT2D eigenvalue weighted by Gasteiger charge is 2.33. The Hall–Kier alpha value is -3.05. The van der Waals surface area contributed by atoms with Crippen molar-refractivity contribution < 1.29 is 18.6 Å². The van der Waals surface area contributed by atoms with Crippen LogP contribution < -0.4 is 14.2 Å². The normalized spacial score (nSPS) is 20.2. The maximum Gasteiger partial charge on any atom is 0.126 e. The average molecular weight is 448 g/mol. The largest absolute Gasteiger partial charge is 0.497 e. The molecule has 0 amide bonds. The fraction of sp³-hybridized carbons (Fsp3) is 0.357. The van der Waals surface area contributed by atoms with Gasteiger partial charge in [0.15, 0.2) is 0 Å². The molecule has 33 heavy (non-hydrogen) atoms. The van der Waals surface area contributed by atoms with Crippen LogP contribution in [-0.2, 0) is 0 Å². The molecule has 2 aliphatic rings. The number of benzene rings is 3. The molecule has 0 aliphatic carbocycles. The second kappa shape index (κ2) is 9.84. The maximum atomic E-state index is 13.6. The van der Waals surface area contributed by atoms with E-state index in [0.717, 1.165) is 34.9 Å². The lowest BCUT2D eigenvalue weighted by Crippen LogP contribution is -2.25. The first-order valence-corrected chi connectivity index (χ1v) is 11.7. The summed E-state index contributed by atoms with van der Waals surface area (Å²) in [5.41, 5.74) is 3.36. The number of fused-ring (bicyclic) bond motifs is 1. The number of hydrogen-bond acceptors (Lipinski definition) is 4. The standard InChI is InChI=1S/C28H30FNO3/c1-31-24-12-13-25-27(18-24)33-19-26(20-4-8-22(29)9-5-20)28(25)21-6-10-23(11-7-21)32-17-16-30-14-2-3-15-30/h4-13,18,26,28H,2-3,14-17,19H2,1H3/t26-,28+/m1/s1. The molecular weight excluding hydrogens is 417 g/mol. The van der Waals surface area contributed by atoms with Gasteiger partial charge in [0, 0.05) is 30.0 Å². The molecule has 1 saturated heterocycles. The zero-order chi connectivity index (χ0) is 22.6. The first-order valence-electron chi connectivity index (χ1n) is 11.7. The molecule has 0 unspecified atom stereocenters. The lowest BCUT2D eigenvalue weighted by atomic mass is 9.76. The summed E-state index contributed by atoms with van der Waals surface area (Å²) in [5.74, 6) is 2.43. The zero-order valence-corrected chi connectivity index (χ0v) is 19.0. The Morgan fingerprint density at radius 1 is 0.909 bits per heavy atom.